The van der Waals surface area contributed by atoms with Gasteiger partial charge in [0, 0.05) is 17.0 Å². The zero-order valence-corrected chi connectivity index (χ0v) is 11.6. The van der Waals surface area contributed by atoms with Crippen molar-refractivity contribution in [2.45, 2.75) is 12.8 Å². The second-order valence-corrected chi connectivity index (χ2v) is 4.97. The molecule has 0 radical (unpaired) electrons. The highest BCUT2D eigenvalue weighted by Crippen LogP contribution is 2.28. The molecule has 0 atom stereocenters. The van der Waals surface area contributed by atoms with Crippen molar-refractivity contribution < 1.29 is 9.21 Å². The minimum Gasteiger partial charge on any atom is -0.464 e. The number of furan rings is 1. The van der Waals surface area contributed by atoms with Crippen molar-refractivity contribution in [2.75, 3.05) is 0 Å². The summed E-state index contributed by atoms with van der Waals surface area (Å²) < 4.78 is 5.20. The van der Waals surface area contributed by atoms with Crippen LogP contribution in [-0.4, -0.2) is 12.1 Å². The van der Waals surface area contributed by atoms with Crippen LogP contribution in [0.4, 0.5) is 0 Å². The Labute approximate surface area is 122 Å². The van der Waals surface area contributed by atoms with E-state index in [0.717, 1.165) is 24.7 Å². The van der Waals surface area contributed by atoms with Crippen LogP contribution < -0.4 is 5.73 Å². The van der Waals surface area contributed by atoms with E-state index in [9.17, 15) is 4.79 Å². The zero-order chi connectivity index (χ0) is 14.5. The lowest BCUT2D eigenvalue weighted by Crippen LogP contribution is -2.10. The Hall–Kier alpha value is -2.07. The fourth-order valence-corrected chi connectivity index (χ4v) is 1.91. The van der Waals surface area contributed by atoms with E-state index >= 15 is 0 Å². The average Bonchev–Trinajstić information content (AvgIpc) is 3.16. The summed E-state index contributed by atoms with van der Waals surface area (Å²) in [5.41, 5.74) is 6.44. The average molecular weight is 291 g/mol. The standard InChI is InChI=1S/C11H7ClO2.C4H8N2/c12-10-6-8(7-13)3-4-9(10)11-2-1-5-14-11;5-4(6)3-1-2-3/h1-7H;3H,1-2H2,(H3,5,6). The normalized spacial score (nSPS) is 13.2. The molecule has 0 bridgehead atoms. The Bertz CT molecular complexity index is 604. The maximum absolute atomic E-state index is 10.5. The summed E-state index contributed by atoms with van der Waals surface area (Å²) in [5, 5.41) is 7.31. The number of rotatable bonds is 3. The van der Waals surface area contributed by atoms with Crippen molar-refractivity contribution in [3.63, 3.8) is 0 Å². The molecule has 0 amide bonds. The van der Waals surface area contributed by atoms with E-state index in [2.05, 4.69) is 0 Å². The lowest BCUT2D eigenvalue weighted by atomic mass is 10.1. The van der Waals surface area contributed by atoms with Gasteiger partial charge in [-0.05, 0) is 37.1 Å². The number of hydrogen-bond donors (Lipinski definition) is 2. The van der Waals surface area contributed by atoms with Gasteiger partial charge in [-0.2, -0.15) is 0 Å². The molecule has 4 nitrogen and oxygen atoms in total. The van der Waals surface area contributed by atoms with Crippen LogP contribution in [-0.2, 0) is 0 Å². The fourth-order valence-electron chi connectivity index (χ4n) is 1.63. The molecule has 0 unspecified atom stereocenters. The molecule has 1 fully saturated rings. The molecule has 0 spiro atoms. The number of halogens is 1. The number of carbonyl (C=O) groups is 1. The Morgan fingerprint density at radius 3 is 2.55 bits per heavy atom. The van der Waals surface area contributed by atoms with Crippen LogP contribution >= 0.6 is 11.6 Å². The molecular weight excluding hydrogens is 276 g/mol. The smallest absolute Gasteiger partial charge is 0.150 e. The van der Waals surface area contributed by atoms with Gasteiger partial charge in [0.05, 0.1) is 17.1 Å². The third kappa shape index (κ3) is 3.71. The van der Waals surface area contributed by atoms with Crippen LogP contribution in [0.25, 0.3) is 11.3 Å². The van der Waals surface area contributed by atoms with Gasteiger partial charge >= 0.3 is 0 Å². The van der Waals surface area contributed by atoms with Gasteiger partial charge < -0.3 is 10.2 Å². The predicted octanol–water partition coefficient (Wildman–Crippen LogP) is 3.74. The number of nitrogens with two attached hydrogens (primary N) is 1. The summed E-state index contributed by atoms with van der Waals surface area (Å²) in [5.74, 6) is 1.53. The van der Waals surface area contributed by atoms with Crippen molar-refractivity contribution in [3.05, 3.63) is 47.2 Å². The van der Waals surface area contributed by atoms with E-state index in [1.54, 1.807) is 30.5 Å². The summed E-state index contributed by atoms with van der Waals surface area (Å²) in [6, 6.07) is 8.70. The van der Waals surface area contributed by atoms with Crippen molar-refractivity contribution in [1.29, 1.82) is 5.41 Å². The lowest BCUT2D eigenvalue weighted by Gasteiger charge is -2.00. The van der Waals surface area contributed by atoms with Gasteiger partial charge in [-0.25, -0.2) is 0 Å². The molecule has 1 aliphatic rings. The quantitative estimate of drug-likeness (QED) is 0.513. The number of benzene rings is 1. The van der Waals surface area contributed by atoms with Crippen LogP contribution in [0.2, 0.25) is 5.02 Å². The van der Waals surface area contributed by atoms with Crippen LogP contribution in [0.3, 0.4) is 0 Å². The number of aldehydes is 1. The molecule has 1 saturated carbocycles. The van der Waals surface area contributed by atoms with Crippen molar-refractivity contribution in [2.24, 2.45) is 11.7 Å². The molecule has 5 heteroatoms. The van der Waals surface area contributed by atoms with E-state index in [1.165, 1.54) is 0 Å². The zero-order valence-electron chi connectivity index (χ0n) is 10.8. The molecular formula is C15H15ClN2O2. The number of nitrogens with one attached hydrogen (secondary N) is 1. The Morgan fingerprint density at radius 2 is 2.15 bits per heavy atom. The maximum atomic E-state index is 10.5. The summed E-state index contributed by atoms with van der Waals surface area (Å²) in [6.45, 7) is 0. The van der Waals surface area contributed by atoms with Gasteiger partial charge in [-0.3, -0.25) is 10.2 Å². The highest BCUT2D eigenvalue weighted by molar-refractivity contribution is 6.33. The van der Waals surface area contributed by atoms with Crippen LogP contribution in [0.5, 0.6) is 0 Å². The molecule has 0 aliphatic heterocycles. The first-order valence-corrected chi connectivity index (χ1v) is 6.62. The highest BCUT2D eigenvalue weighted by atomic mass is 35.5. The molecule has 3 N–H and O–H groups in total. The molecule has 2 aromatic rings. The predicted molar refractivity (Wildman–Crippen MR) is 79.2 cm³/mol. The van der Waals surface area contributed by atoms with Gasteiger partial charge in [-0.15, -0.1) is 0 Å². The summed E-state index contributed by atoms with van der Waals surface area (Å²) in [7, 11) is 0. The SMILES string of the molecule is N=C(N)C1CC1.O=Cc1ccc(-c2ccco2)c(Cl)c1. The molecule has 1 aliphatic carbocycles. The first-order chi connectivity index (χ1) is 9.61. The van der Waals surface area contributed by atoms with Gasteiger partial charge in [0.15, 0.2) is 0 Å². The van der Waals surface area contributed by atoms with Gasteiger partial charge in [0.1, 0.15) is 12.0 Å². The molecule has 1 heterocycles. The molecule has 1 aromatic carbocycles. The second-order valence-electron chi connectivity index (χ2n) is 4.56. The summed E-state index contributed by atoms with van der Waals surface area (Å²) >= 11 is 5.98. The Kier molecular flexibility index (Phi) is 4.58. The molecule has 3 rings (SSSR count). The first kappa shape index (κ1) is 14.3. The van der Waals surface area contributed by atoms with Crippen LogP contribution in [0.15, 0.2) is 41.0 Å². The van der Waals surface area contributed by atoms with Gasteiger partial charge in [0.25, 0.3) is 0 Å². The number of carbonyl (C=O) groups excluding carboxylic acids is 1. The molecule has 104 valence electrons. The first-order valence-electron chi connectivity index (χ1n) is 6.24. The van der Waals surface area contributed by atoms with E-state index in [0.29, 0.717) is 28.1 Å². The second kappa shape index (κ2) is 6.39. The largest absolute Gasteiger partial charge is 0.464 e. The monoisotopic (exact) mass is 290 g/mol. The maximum Gasteiger partial charge on any atom is 0.150 e. The van der Waals surface area contributed by atoms with E-state index < -0.39 is 0 Å². The van der Waals surface area contributed by atoms with Gasteiger partial charge in [-0.1, -0.05) is 17.7 Å². The minimum absolute atomic E-state index is 0.370. The highest BCUT2D eigenvalue weighted by Gasteiger charge is 2.23. The van der Waals surface area contributed by atoms with Crippen molar-refractivity contribution in [1.82, 2.24) is 0 Å². The van der Waals surface area contributed by atoms with E-state index in [-0.39, 0.29) is 0 Å². The summed E-state index contributed by atoms with van der Waals surface area (Å²) in [4.78, 5) is 10.5. The van der Waals surface area contributed by atoms with Crippen molar-refractivity contribution >= 4 is 23.7 Å². The Balaban J connectivity index is 0.000000205. The third-order valence-electron chi connectivity index (χ3n) is 2.93. The van der Waals surface area contributed by atoms with Crippen molar-refractivity contribution in [3.8, 4) is 11.3 Å². The molecule has 0 saturated heterocycles. The van der Waals surface area contributed by atoms with Crippen LogP contribution in [0, 0.1) is 11.3 Å². The molecule has 1 aromatic heterocycles. The third-order valence-corrected chi connectivity index (χ3v) is 3.25. The topological polar surface area (TPSA) is 80.1 Å². The summed E-state index contributed by atoms with van der Waals surface area (Å²) in [6.07, 6.45) is 4.64. The lowest BCUT2D eigenvalue weighted by molar-refractivity contribution is 0.112. The van der Waals surface area contributed by atoms with Gasteiger partial charge in [0.2, 0.25) is 0 Å². The minimum atomic E-state index is 0.370. The van der Waals surface area contributed by atoms with E-state index in [4.69, 9.17) is 27.2 Å². The fraction of sp³-hybridized carbons (Fsp3) is 0.200. The number of amidine groups is 1. The Morgan fingerprint density at radius 1 is 1.40 bits per heavy atom. The molecule has 20 heavy (non-hydrogen) atoms. The van der Waals surface area contributed by atoms with E-state index in [1.807, 2.05) is 6.07 Å². The van der Waals surface area contributed by atoms with Crippen LogP contribution in [0.1, 0.15) is 23.2 Å². The number of hydrogen-bond acceptors (Lipinski definition) is 3.